The molecule has 4 N–H and O–H groups in total. The maximum absolute atomic E-state index is 12.0. The van der Waals surface area contributed by atoms with E-state index in [-0.39, 0.29) is 58.1 Å². The second kappa shape index (κ2) is 9.00. The lowest BCUT2D eigenvalue weighted by Crippen LogP contribution is -2.66. The van der Waals surface area contributed by atoms with Gasteiger partial charge in [-0.15, -0.1) is 0 Å². The van der Waals surface area contributed by atoms with Gasteiger partial charge in [0.15, 0.2) is 0 Å². The zero-order valence-corrected chi connectivity index (χ0v) is 25.3. The highest BCUT2D eigenvalue weighted by Gasteiger charge is 2.69. The van der Waals surface area contributed by atoms with Gasteiger partial charge in [0.25, 0.3) is 0 Å². The second-order valence-corrected chi connectivity index (χ2v) is 15.6. The Kier molecular flexibility index (Phi) is 6.81. The predicted octanol–water partition coefficient (Wildman–Crippen LogP) is 4.35. The fourth-order valence-electron chi connectivity index (χ4n) is 10.8. The Morgan fingerprint density at radius 1 is 1.03 bits per heavy atom. The third kappa shape index (κ3) is 3.96. The molecule has 5 aliphatic rings. The van der Waals surface area contributed by atoms with E-state index < -0.39 is 23.6 Å². The standard InChI is InChI=1S/C32H52O7/c1-18(33)39-26-12-14-30(7)22-11-13-29(6)20(19-15-25(35)32(37,38-17-19)28(4,5)36)9-10-21(29)31(22,8)24(34)16-23(30)27(26,2)3/h10,19-20,22-26,34-37H,9,11-17H2,1-8H3. The number of rotatable bonds is 3. The fourth-order valence-corrected chi connectivity index (χ4v) is 10.8. The molecule has 7 heteroatoms. The Labute approximate surface area is 234 Å². The summed E-state index contributed by atoms with van der Waals surface area (Å²) >= 11 is 0. The number of fused-ring (bicyclic) bond motifs is 5. The molecule has 0 aromatic carbocycles. The van der Waals surface area contributed by atoms with Crippen molar-refractivity contribution in [3.05, 3.63) is 11.6 Å². The molecule has 0 aromatic heterocycles. The summed E-state index contributed by atoms with van der Waals surface area (Å²) in [5.74, 6) is -1.36. The summed E-state index contributed by atoms with van der Waals surface area (Å²) in [7, 11) is 0. The molecule has 3 saturated carbocycles. The van der Waals surface area contributed by atoms with Gasteiger partial charge in [-0.05, 0) is 93.3 Å². The lowest BCUT2D eigenvalue weighted by Gasteiger charge is -2.68. The van der Waals surface area contributed by atoms with E-state index in [2.05, 4.69) is 40.7 Å². The number of carbonyl (C=O) groups is 1. The molecule has 0 amide bonds. The van der Waals surface area contributed by atoms with Crippen molar-refractivity contribution in [1.29, 1.82) is 0 Å². The van der Waals surface area contributed by atoms with Crippen LogP contribution in [0.4, 0.5) is 0 Å². The first-order chi connectivity index (χ1) is 17.8. The van der Waals surface area contributed by atoms with Gasteiger partial charge in [-0.2, -0.15) is 0 Å². The van der Waals surface area contributed by atoms with Gasteiger partial charge in [0.1, 0.15) is 17.8 Å². The summed E-state index contributed by atoms with van der Waals surface area (Å²) in [6, 6.07) is 0. The highest BCUT2D eigenvalue weighted by molar-refractivity contribution is 5.66. The van der Waals surface area contributed by atoms with Crippen LogP contribution in [-0.2, 0) is 14.3 Å². The van der Waals surface area contributed by atoms with Gasteiger partial charge in [0, 0.05) is 17.8 Å². The quantitative estimate of drug-likeness (QED) is 0.306. The average Bonchev–Trinajstić information content (AvgIpc) is 3.17. The van der Waals surface area contributed by atoms with Crippen molar-refractivity contribution in [1.82, 2.24) is 0 Å². The zero-order valence-electron chi connectivity index (χ0n) is 25.3. The van der Waals surface area contributed by atoms with Crippen LogP contribution >= 0.6 is 0 Å². The summed E-state index contributed by atoms with van der Waals surface area (Å²) in [5.41, 5.74) is -0.881. The van der Waals surface area contributed by atoms with Gasteiger partial charge < -0.3 is 29.9 Å². The molecule has 11 unspecified atom stereocenters. The summed E-state index contributed by atoms with van der Waals surface area (Å²) in [4.78, 5) is 11.9. The number of hydrogen-bond acceptors (Lipinski definition) is 7. The highest BCUT2D eigenvalue weighted by atomic mass is 16.7. The molecule has 4 fully saturated rings. The van der Waals surface area contributed by atoms with Gasteiger partial charge >= 0.3 is 5.97 Å². The lowest BCUT2D eigenvalue weighted by atomic mass is 9.37. The Morgan fingerprint density at radius 3 is 2.28 bits per heavy atom. The van der Waals surface area contributed by atoms with Crippen molar-refractivity contribution < 1.29 is 34.7 Å². The zero-order chi connectivity index (χ0) is 29.0. The van der Waals surface area contributed by atoms with E-state index in [9.17, 15) is 25.2 Å². The molecule has 222 valence electrons. The van der Waals surface area contributed by atoms with Gasteiger partial charge in [-0.1, -0.05) is 46.3 Å². The average molecular weight is 549 g/mol. The van der Waals surface area contributed by atoms with Crippen LogP contribution in [0.5, 0.6) is 0 Å². The van der Waals surface area contributed by atoms with Crippen molar-refractivity contribution in [2.75, 3.05) is 6.61 Å². The number of esters is 1. The number of ether oxygens (including phenoxy) is 2. The summed E-state index contributed by atoms with van der Waals surface area (Å²) in [6.45, 7) is 16.2. The predicted molar refractivity (Wildman–Crippen MR) is 147 cm³/mol. The van der Waals surface area contributed by atoms with E-state index in [1.165, 1.54) is 26.3 Å². The smallest absolute Gasteiger partial charge is 0.302 e. The van der Waals surface area contributed by atoms with E-state index in [4.69, 9.17) is 9.47 Å². The second-order valence-electron chi connectivity index (χ2n) is 15.6. The molecule has 0 radical (unpaired) electrons. The Hall–Kier alpha value is -0.990. The normalized spacial score (nSPS) is 51.3. The molecule has 7 nitrogen and oxygen atoms in total. The molecule has 39 heavy (non-hydrogen) atoms. The summed E-state index contributed by atoms with van der Waals surface area (Å²) < 4.78 is 11.6. The summed E-state index contributed by atoms with van der Waals surface area (Å²) in [6.07, 6.45) is 6.36. The first kappa shape index (κ1) is 29.5. The van der Waals surface area contributed by atoms with Crippen LogP contribution in [0, 0.1) is 45.3 Å². The highest BCUT2D eigenvalue weighted by Crippen LogP contribution is 2.73. The van der Waals surface area contributed by atoms with Crippen molar-refractivity contribution in [3.63, 3.8) is 0 Å². The molecule has 1 heterocycles. The molecule has 1 aliphatic heterocycles. The van der Waals surface area contributed by atoms with Crippen LogP contribution < -0.4 is 0 Å². The fraction of sp³-hybridized carbons (Fsp3) is 0.906. The van der Waals surface area contributed by atoms with E-state index in [0.29, 0.717) is 18.8 Å². The van der Waals surface area contributed by atoms with Gasteiger partial charge in [0.2, 0.25) is 5.79 Å². The van der Waals surface area contributed by atoms with Crippen LogP contribution in [0.3, 0.4) is 0 Å². The van der Waals surface area contributed by atoms with Crippen molar-refractivity contribution in [2.45, 2.75) is 130 Å². The van der Waals surface area contributed by atoms with E-state index >= 15 is 0 Å². The van der Waals surface area contributed by atoms with Crippen LogP contribution in [0.2, 0.25) is 0 Å². The Balaban J connectivity index is 1.42. The third-order valence-electron chi connectivity index (χ3n) is 12.9. The molecule has 0 spiro atoms. The van der Waals surface area contributed by atoms with Crippen LogP contribution in [0.1, 0.15) is 100 Å². The number of carbonyl (C=O) groups excluding carboxylic acids is 1. The molecule has 5 rings (SSSR count). The molecular weight excluding hydrogens is 496 g/mol. The maximum atomic E-state index is 12.0. The van der Waals surface area contributed by atoms with Crippen LogP contribution in [-0.4, -0.2) is 62.7 Å². The molecule has 1 saturated heterocycles. The number of aliphatic hydroxyl groups is 4. The Morgan fingerprint density at radius 2 is 1.69 bits per heavy atom. The first-order valence-corrected chi connectivity index (χ1v) is 15.2. The number of aliphatic hydroxyl groups excluding tert-OH is 2. The third-order valence-corrected chi connectivity index (χ3v) is 12.9. The largest absolute Gasteiger partial charge is 0.462 e. The monoisotopic (exact) mass is 548 g/mol. The minimum atomic E-state index is -1.98. The molecule has 0 aromatic rings. The van der Waals surface area contributed by atoms with Crippen LogP contribution in [0.25, 0.3) is 0 Å². The topological polar surface area (TPSA) is 116 Å². The minimum Gasteiger partial charge on any atom is -0.462 e. The molecule has 4 aliphatic carbocycles. The number of allylic oxidation sites excluding steroid dienone is 1. The number of hydrogen-bond donors (Lipinski definition) is 4. The van der Waals surface area contributed by atoms with Gasteiger partial charge in [0.05, 0.1) is 12.7 Å². The van der Waals surface area contributed by atoms with Crippen molar-refractivity contribution in [2.24, 2.45) is 45.3 Å². The van der Waals surface area contributed by atoms with Crippen LogP contribution in [0.15, 0.2) is 11.6 Å². The van der Waals surface area contributed by atoms with Crippen molar-refractivity contribution >= 4 is 5.97 Å². The molecule has 0 bridgehead atoms. The van der Waals surface area contributed by atoms with E-state index in [0.717, 1.165) is 32.1 Å². The van der Waals surface area contributed by atoms with Crippen molar-refractivity contribution in [3.8, 4) is 0 Å². The first-order valence-electron chi connectivity index (χ1n) is 15.2. The van der Waals surface area contributed by atoms with Gasteiger partial charge in [-0.3, -0.25) is 4.79 Å². The van der Waals surface area contributed by atoms with E-state index in [1.54, 1.807) is 0 Å². The van der Waals surface area contributed by atoms with E-state index in [1.807, 2.05) is 0 Å². The Bertz CT molecular complexity index is 1030. The summed E-state index contributed by atoms with van der Waals surface area (Å²) in [5, 5.41) is 44.3. The SMILES string of the molecule is CC(=O)OC1CCC2(C)C(CC(O)C3(C)C4=CCC(C5COC(O)(C(C)(C)O)C(O)C5)C4(C)CCC23)C1(C)C. The molecular formula is C32H52O7. The minimum absolute atomic E-state index is 0.0295. The maximum Gasteiger partial charge on any atom is 0.302 e. The van der Waals surface area contributed by atoms with Gasteiger partial charge in [-0.25, -0.2) is 0 Å². The lowest BCUT2D eigenvalue weighted by molar-refractivity contribution is -0.353. The molecule has 11 atom stereocenters.